The Labute approximate surface area is 142 Å². The lowest BCUT2D eigenvalue weighted by Gasteiger charge is -2.33. The molecule has 0 spiro atoms. The molecule has 0 aromatic heterocycles. The molecule has 23 heavy (non-hydrogen) atoms. The standard InChI is InChI=1S/C17H24N2O3S/c1-4-21-17(20)15-13(3)22-16(19-8-6-5-7-9-19)14(11-18)10-12(2)23-15/h12H,4-10H2,1-3H3/b15-13-,16-14+. The number of hydrogen-bond donors (Lipinski definition) is 0. The van der Waals surface area contributed by atoms with E-state index in [2.05, 4.69) is 11.0 Å². The van der Waals surface area contributed by atoms with Crippen molar-refractivity contribution in [3.8, 4) is 6.07 Å². The summed E-state index contributed by atoms with van der Waals surface area (Å²) in [5, 5.41) is 9.65. The summed E-state index contributed by atoms with van der Waals surface area (Å²) in [5.74, 6) is 0.798. The molecule has 126 valence electrons. The van der Waals surface area contributed by atoms with Gasteiger partial charge in [0, 0.05) is 18.3 Å². The van der Waals surface area contributed by atoms with Crippen molar-refractivity contribution in [3.05, 3.63) is 22.1 Å². The van der Waals surface area contributed by atoms with Gasteiger partial charge < -0.3 is 14.4 Å². The lowest BCUT2D eigenvalue weighted by molar-refractivity contribution is -0.137. The normalized spacial score (nSPS) is 29.1. The summed E-state index contributed by atoms with van der Waals surface area (Å²) in [6.07, 6.45) is 4.00. The summed E-state index contributed by atoms with van der Waals surface area (Å²) < 4.78 is 11.1. The predicted molar refractivity (Wildman–Crippen MR) is 90.2 cm³/mol. The second kappa shape index (κ2) is 8.30. The van der Waals surface area contributed by atoms with Gasteiger partial charge in [0.2, 0.25) is 5.88 Å². The Morgan fingerprint density at radius 2 is 2.13 bits per heavy atom. The number of likely N-dealkylation sites (tertiary alicyclic amines) is 1. The highest BCUT2D eigenvalue weighted by molar-refractivity contribution is 8.04. The number of rotatable bonds is 3. The first-order chi connectivity index (χ1) is 11.1. The van der Waals surface area contributed by atoms with E-state index in [4.69, 9.17) is 9.47 Å². The van der Waals surface area contributed by atoms with Crippen molar-refractivity contribution >= 4 is 17.7 Å². The van der Waals surface area contributed by atoms with E-state index in [1.807, 2.05) is 6.92 Å². The van der Waals surface area contributed by atoms with Gasteiger partial charge in [0.1, 0.15) is 16.7 Å². The Morgan fingerprint density at radius 1 is 1.43 bits per heavy atom. The Hall–Kier alpha value is -1.61. The van der Waals surface area contributed by atoms with Gasteiger partial charge in [-0.15, -0.1) is 11.8 Å². The number of allylic oxidation sites excluding steroid dienone is 2. The van der Waals surface area contributed by atoms with Gasteiger partial charge in [-0.25, -0.2) is 4.79 Å². The SMILES string of the molecule is CCOC(=O)/C1=C(\C)O/C(N2CCCCC2)=C(/C#N)CC(C)S1. The van der Waals surface area contributed by atoms with Crippen molar-refractivity contribution in [1.29, 1.82) is 5.26 Å². The number of thioether (sulfide) groups is 1. The average molecular weight is 336 g/mol. The third-order valence-electron chi connectivity index (χ3n) is 3.88. The number of carbonyl (C=O) groups is 1. The van der Waals surface area contributed by atoms with Crippen molar-refractivity contribution in [2.45, 2.75) is 51.7 Å². The van der Waals surface area contributed by atoms with E-state index in [1.165, 1.54) is 18.2 Å². The fourth-order valence-electron chi connectivity index (χ4n) is 2.79. The fraction of sp³-hybridized carbons (Fsp3) is 0.647. The number of ether oxygens (including phenoxy) is 2. The smallest absolute Gasteiger partial charge is 0.348 e. The molecule has 5 nitrogen and oxygen atoms in total. The first kappa shape index (κ1) is 17.7. The number of hydrogen-bond acceptors (Lipinski definition) is 6. The molecule has 0 aromatic carbocycles. The van der Waals surface area contributed by atoms with Crippen LogP contribution in [-0.2, 0) is 14.3 Å². The molecule has 1 saturated heterocycles. The van der Waals surface area contributed by atoms with Gasteiger partial charge in [-0.1, -0.05) is 6.92 Å². The number of piperidine rings is 1. The first-order valence-electron chi connectivity index (χ1n) is 8.17. The maximum absolute atomic E-state index is 12.2. The van der Waals surface area contributed by atoms with Crippen molar-refractivity contribution in [2.75, 3.05) is 19.7 Å². The second-order valence-electron chi connectivity index (χ2n) is 5.78. The molecule has 0 N–H and O–H groups in total. The highest BCUT2D eigenvalue weighted by Crippen LogP contribution is 2.35. The Balaban J connectivity index is 2.36. The molecule has 2 aliphatic rings. The van der Waals surface area contributed by atoms with E-state index in [0.717, 1.165) is 25.9 Å². The van der Waals surface area contributed by atoms with Crippen molar-refractivity contribution in [2.24, 2.45) is 0 Å². The molecule has 6 heteroatoms. The van der Waals surface area contributed by atoms with E-state index in [-0.39, 0.29) is 11.2 Å². The van der Waals surface area contributed by atoms with Crippen LogP contribution in [0.15, 0.2) is 22.1 Å². The van der Waals surface area contributed by atoms with Gasteiger partial charge in [0.25, 0.3) is 0 Å². The Kier molecular flexibility index (Phi) is 6.40. The van der Waals surface area contributed by atoms with Gasteiger partial charge >= 0.3 is 5.97 Å². The third-order valence-corrected chi connectivity index (χ3v) is 5.14. The van der Waals surface area contributed by atoms with Crippen LogP contribution in [0.1, 0.15) is 46.5 Å². The monoisotopic (exact) mass is 336 g/mol. The highest BCUT2D eigenvalue weighted by atomic mass is 32.2. The molecule has 2 heterocycles. The number of nitrogens with zero attached hydrogens (tertiary/aromatic N) is 2. The summed E-state index contributed by atoms with van der Waals surface area (Å²) in [4.78, 5) is 14.8. The molecule has 0 aromatic rings. The van der Waals surface area contributed by atoms with Crippen LogP contribution < -0.4 is 0 Å². The average Bonchev–Trinajstić information content (AvgIpc) is 2.55. The lowest BCUT2D eigenvalue weighted by Crippen LogP contribution is -2.32. The molecule has 0 bridgehead atoms. The molecule has 1 unspecified atom stereocenters. The number of nitriles is 1. The Morgan fingerprint density at radius 3 is 2.74 bits per heavy atom. The van der Waals surface area contributed by atoms with E-state index in [0.29, 0.717) is 35.1 Å². The van der Waals surface area contributed by atoms with E-state index >= 15 is 0 Å². The zero-order valence-electron chi connectivity index (χ0n) is 14.1. The molecule has 2 rings (SSSR count). The van der Waals surface area contributed by atoms with Crippen LogP contribution in [0.5, 0.6) is 0 Å². The van der Waals surface area contributed by atoms with Crippen LogP contribution >= 0.6 is 11.8 Å². The minimum Gasteiger partial charge on any atom is -0.462 e. The molecule has 2 aliphatic heterocycles. The largest absolute Gasteiger partial charge is 0.462 e. The van der Waals surface area contributed by atoms with E-state index in [9.17, 15) is 10.1 Å². The molecular weight excluding hydrogens is 312 g/mol. The predicted octanol–water partition coefficient (Wildman–Crippen LogP) is 3.54. The van der Waals surface area contributed by atoms with Crippen LogP contribution in [0.4, 0.5) is 0 Å². The van der Waals surface area contributed by atoms with Gasteiger partial charge in [0.05, 0.1) is 12.2 Å². The minimum absolute atomic E-state index is 0.114. The summed E-state index contributed by atoms with van der Waals surface area (Å²) in [7, 11) is 0. The van der Waals surface area contributed by atoms with Gasteiger partial charge in [-0.2, -0.15) is 5.26 Å². The molecule has 0 aliphatic carbocycles. The summed E-state index contributed by atoms with van der Waals surface area (Å²) in [6, 6.07) is 2.30. The van der Waals surface area contributed by atoms with Crippen LogP contribution in [0.25, 0.3) is 0 Å². The summed E-state index contributed by atoms with van der Waals surface area (Å²) >= 11 is 1.42. The quantitative estimate of drug-likeness (QED) is 0.735. The van der Waals surface area contributed by atoms with Crippen LogP contribution in [0.2, 0.25) is 0 Å². The number of esters is 1. The Bertz CT molecular complexity index is 557. The van der Waals surface area contributed by atoms with Gasteiger partial charge in [0.15, 0.2) is 0 Å². The van der Waals surface area contributed by atoms with Gasteiger partial charge in [-0.3, -0.25) is 0 Å². The van der Waals surface area contributed by atoms with E-state index < -0.39 is 0 Å². The molecular formula is C17H24N2O3S. The molecule has 0 saturated carbocycles. The summed E-state index contributed by atoms with van der Waals surface area (Å²) in [5.41, 5.74) is 0.661. The zero-order valence-corrected chi connectivity index (χ0v) is 14.9. The maximum Gasteiger partial charge on any atom is 0.348 e. The van der Waals surface area contributed by atoms with Crippen LogP contribution in [-0.4, -0.2) is 35.8 Å². The van der Waals surface area contributed by atoms with Gasteiger partial charge in [-0.05, 0) is 39.5 Å². The van der Waals surface area contributed by atoms with Crippen LogP contribution in [0.3, 0.4) is 0 Å². The molecule has 1 atom stereocenters. The van der Waals surface area contributed by atoms with Crippen molar-refractivity contribution in [3.63, 3.8) is 0 Å². The first-order valence-corrected chi connectivity index (χ1v) is 9.05. The topological polar surface area (TPSA) is 62.6 Å². The van der Waals surface area contributed by atoms with Crippen molar-refractivity contribution in [1.82, 2.24) is 4.90 Å². The molecule has 0 amide bonds. The lowest BCUT2D eigenvalue weighted by atomic mass is 10.1. The third kappa shape index (κ3) is 4.44. The zero-order chi connectivity index (χ0) is 16.8. The molecule has 1 fully saturated rings. The second-order valence-corrected chi connectivity index (χ2v) is 7.23. The summed E-state index contributed by atoms with van der Waals surface area (Å²) in [6.45, 7) is 7.71. The molecule has 0 radical (unpaired) electrons. The van der Waals surface area contributed by atoms with Crippen molar-refractivity contribution < 1.29 is 14.3 Å². The number of carbonyl (C=O) groups excluding carboxylic acids is 1. The van der Waals surface area contributed by atoms with Crippen LogP contribution in [0, 0.1) is 11.3 Å². The minimum atomic E-state index is -0.347. The van der Waals surface area contributed by atoms with E-state index in [1.54, 1.807) is 13.8 Å². The highest BCUT2D eigenvalue weighted by Gasteiger charge is 2.28. The fourth-order valence-corrected chi connectivity index (χ4v) is 3.80. The maximum atomic E-state index is 12.2.